The predicted octanol–water partition coefficient (Wildman–Crippen LogP) is 3.21. The van der Waals surface area contributed by atoms with Crippen molar-refractivity contribution >= 4 is 11.0 Å². The van der Waals surface area contributed by atoms with Gasteiger partial charge in [0.1, 0.15) is 18.0 Å². The number of ether oxygens (including phenoxy) is 2. The summed E-state index contributed by atoms with van der Waals surface area (Å²) in [5.74, 6) is 2.25. The Morgan fingerprint density at radius 2 is 2.00 bits per heavy atom. The van der Waals surface area contributed by atoms with E-state index in [2.05, 4.69) is 0 Å². The predicted molar refractivity (Wildman–Crippen MR) is 74.0 cm³/mol. The van der Waals surface area contributed by atoms with Crippen molar-refractivity contribution in [3.63, 3.8) is 0 Å². The van der Waals surface area contributed by atoms with Crippen molar-refractivity contribution in [1.82, 2.24) is 0 Å². The van der Waals surface area contributed by atoms with Crippen LogP contribution >= 0.6 is 0 Å². The summed E-state index contributed by atoms with van der Waals surface area (Å²) in [6, 6.07) is 3.84. The van der Waals surface area contributed by atoms with Gasteiger partial charge >= 0.3 is 0 Å². The smallest absolute Gasteiger partial charge is 0.172 e. The van der Waals surface area contributed by atoms with Gasteiger partial charge in [-0.15, -0.1) is 0 Å². The van der Waals surface area contributed by atoms with Crippen LogP contribution in [0.25, 0.3) is 11.0 Å². The molecule has 2 heterocycles. The minimum Gasteiger partial charge on any atom is -0.485 e. The van der Waals surface area contributed by atoms with Gasteiger partial charge < -0.3 is 19.0 Å². The highest BCUT2D eigenvalue weighted by Crippen LogP contribution is 2.41. The molecular formula is C15H20O4. The zero-order valence-electron chi connectivity index (χ0n) is 11.8. The summed E-state index contributed by atoms with van der Waals surface area (Å²) in [6.45, 7) is 8.20. The van der Waals surface area contributed by atoms with Crippen LogP contribution in [0.1, 0.15) is 25.2 Å². The van der Waals surface area contributed by atoms with Crippen LogP contribution in [0.4, 0.5) is 0 Å². The van der Waals surface area contributed by atoms with Crippen LogP contribution in [0.2, 0.25) is 0 Å². The number of aliphatic hydroxyl groups is 1. The van der Waals surface area contributed by atoms with E-state index >= 15 is 0 Å². The van der Waals surface area contributed by atoms with E-state index in [-0.39, 0.29) is 12.7 Å². The highest BCUT2D eigenvalue weighted by Gasteiger charge is 2.24. The fourth-order valence-electron chi connectivity index (χ4n) is 2.15. The Labute approximate surface area is 112 Å². The molecule has 0 bridgehead atoms. The molecule has 0 fully saturated rings. The van der Waals surface area contributed by atoms with Gasteiger partial charge in [-0.1, -0.05) is 13.8 Å². The lowest BCUT2D eigenvalue weighted by molar-refractivity contribution is 0.0467. The molecule has 4 heteroatoms. The molecule has 0 spiro atoms. The van der Waals surface area contributed by atoms with Crippen LogP contribution < -0.4 is 9.47 Å². The van der Waals surface area contributed by atoms with E-state index in [1.807, 2.05) is 39.8 Å². The number of aryl methyl sites for hydroxylation is 2. The largest absolute Gasteiger partial charge is 0.485 e. The molecule has 0 radical (unpaired) electrons. The first-order valence-electron chi connectivity index (χ1n) is 6.63. The Hall–Kier alpha value is -1.68. The van der Waals surface area contributed by atoms with Crippen LogP contribution in [-0.4, -0.2) is 24.4 Å². The molecule has 0 saturated heterocycles. The van der Waals surface area contributed by atoms with Crippen molar-refractivity contribution in [2.75, 3.05) is 13.2 Å². The summed E-state index contributed by atoms with van der Waals surface area (Å²) < 4.78 is 17.0. The van der Waals surface area contributed by atoms with Crippen molar-refractivity contribution in [3.05, 3.63) is 23.5 Å². The Bertz CT molecular complexity index is 571. The van der Waals surface area contributed by atoms with Crippen molar-refractivity contribution < 1.29 is 19.0 Å². The van der Waals surface area contributed by atoms with Crippen LogP contribution in [0.15, 0.2) is 16.5 Å². The molecule has 0 unspecified atom stereocenters. The van der Waals surface area contributed by atoms with Gasteiger partial charge in [0.25, 0.3) is 0 Å². The van der Waals surface area contributed by atoms with E-state index in [0.29, 0.717) is 18.1 Å². The maximum absolute atomic E-state index is 9.08. The molecule has 1 aromatic carbocycles. The Morgan fingerprint density at radius 1 is 1.26 bits per heavy atom. The Kier molecular flexibility index (Phi) is 4.00. The molecule has 3 rings (SSSR count). The van der Waals surface area contributed by atoms with Gasteiger partial charge in [-0.2, -0.15) is 0 Å². The van der Waals surface area contributed by atoms with Crippen LogP contribution in [0, 0.1) is 13.8 Å². The van der Waals surface area contributed by atoms with Crippen LogP contribution in [0.5, 0.6) is 11.5 Å². The molecule has 1 aromatic heterocycles. The van der Waals surface area contributed by atoms with E-state index in [1.165, 1.54) is 0 Å². The fraction of sp³-hybridized carbons (Fsp3) is 0.467. The second-order valence-electron chi connectivity index (χ2n) is 4.35. The lowest BCUT2D eigenvalue weighted by Crippen LogP contribution is -2.32. The van der Waals surface area contributed by atoms with Gasteiger partial charge in [-0.25, -0.2) is 0 Å². The molecule has 0 aliphatic carbocycles. The molecule has 2 aromatic rings. The zero-order valence-corrected chi connectivity index (χ0v) is 11.8. The molecule has 4 nitrogen and oxygen atoms in total. The average Bonchev–Trinajstić information content (AvgIpc) is 2.83. The lowest BCUT2D eigenvalue weighted by Gasteiger charge is -2.25. The van der Waals surface area contributed by atoms with Crippen LogP contribution in [-0.2, 0) is 0 Å². The lowest BCUT2D eigenvalue weighted by atomic mass is 10.1. The van der Waals surface area contributed by atoms with Crippen molar-refractivity contribution in [2.45, 2.75) is 33.8 Å². The second-order valence-corrected chi connectivity index (χ2v) is 4.35. The van der Waals surface area contributed by atoms with Gasteiger partial charge in [-0.3, -0.25) is 0 Å². The first-order valence-corrected chi connectivity index (χ1v) is 6.63. The monoisotopic (exact) mass is 264 g/mol. The second kappa shape index (κ2) is 5.53. The number of hydrogen-bond donors (Lipinski definition) is 1. The summed E-state index contributed by atoms with van der Waals surface area (Å²) in [7, 11) is 0. The summed E-state index contributed by atoms with van der Waals surface area (Å²) >= 11 is 0. The van der Waals surface area contributed by atoms with E-state index in [0.717, 1.165) is 22.3 Å². The van der Waals surface area contributed by atoms with Crippen molar-refractivity contribution in [1.29, 1.82) is 0 Å². The summed E-state index contributed by atoms with van der Waals surface area (Å²) in [6.07, 6.45) is -0.285. The Balaban J connectivity index is 0.000000637. The number of furan rings is 1. The fourth-order valence-corrected chi connectivity index (χ4v) is 2.15. The molecule has 1 N–H and O–H groups in total. The standard InChI is InChI=1S/C13H14O4.C2H6/c1-7-3-11-13(15-6-9(5-14)17-11)10-4-8(2)16-12(7)10;1-2/h3-4,9,14H,5-6H2,1-2H3;1-2H3/t9-;/m0./s1. The third-order valence-corrected chi connectivity index (χ3v) is 2.94. The maximum Gasteiger partial charge on any atom is 0.172 e. The highest BCUT2D eigenvalue weighted by atomic mass is 16.6. The average molecular weight is 264 g/mol. The summed E-state index contributed by atoms with van der Waals surface area (Å²) in [5, 5.41) is 10.0. The summed E-state index contributed by atoms with van der Waals surface area (Å²) in [4.78, 5) is 0. The maximum atomic E-state index is 9.08. The molecule has 19 heavy (non-hydrogen) atoms. The molecule has 1 aliphatic rings. The van der Waals surface area contributed by atoms with E-state index < -0.39 is 0 Å². The van der Waals surface area contributed by atoms with Crippen molar-refractivity contribution in [3.8, 4) is 11.5 Å². The summed E-state index contributed by atoms with van der Waals surface area (Å²) in [5.41, 5.74) is 1.85. The Morgan fingerprint density at radius 3 is 2.68 bits per heavy atom. The molecule has 0 saturated carbocycles. The SMILES string of the molecule is CC.Cc1cc2c3c(cc(C)c2o1)O[C@@H](CO)CO3. The van der Waals surface area contributed by atoms with Gasteiger partial charge in [0.15, 0.2) is 17.6 Å². The number of fused-ring (bicyclic) bond motifs is 3. The number of hydrogen-bond acceptors (Lipinski definition) is 4. The van der Waals surface area contributed by atoms with Gasteiger partial charge in [-0.05, 0) is 31.5 Å². The van der Waals surface area contributed by atoms with Gasteiger partial charge in [0.05, 0.1) is 12.0 Å². The molecular weight excluding hydrogens is 244 g/mol. The number of rotatable bonds is 1. The highest BCUT2D eigenvalue weighted by molar-refractivity contribution is 5.90. The molecule has 1 aliphatic heterocycles. The first kappa shape index (κ1) is 13.7. The first-order chi connectivity index (χ1) is 9.19. The van der Waals surface area contributed by atoms with E-state index in [9.17, 15) is 0 Å². The zero-order chi connectivity index (χ0) is 14.0. The minimum atomic E-state index is -0.285. The number of aliphatic hydroxyl groups excluding tert-OH is 1. The normalized spacial score (nSPS) is 17.0. The molecule has 0 amide bonds. The van der Waals surface area contributed by atoms with E-state index in [1.54, 1.807) is 0 Å². The molecule has 1 atom stereocenters. The third-order valence-electron chi connectivity index (χ3n) is 2.94. The van der Waals surface area contributed by atoms with Crippen LogP contribution in [0.3, 0.4) is 0 Å². The van der Waals surface area contributed by atoms with E-state index in [4.69, 9.17) is 19.0 Å². The number of benzene rings is 1. The topological polar surface area (TPSA) is 51.8 Å². The molecule has 104 valence electrons. The quantitative estimate of drug-likeness (QED) is 0.859. The van der Waals surface area contributed by atoms with Gasteiger partial charge in [0, 0.05) is 0 Å². The minimum absolute atomic E-state index is 0.0407. The van der Waals surface area contributed by atoms with Crippen molar-refractivity contribution in [2.24, 2.45) is 0 Å². The van der Waals surface area contributed by atoms with Gasteiger partial charge in [0.2, 0.25) is 0 Å². The third kappa shape index (κ3) is 2.40.